The summed E-state index contributed by atoms with van der Waals surface area (Å²) in [4.78, 5) is 12.2. The lowest BCUT2D eigenvalue weighted by Gasteiger charge is -2.23. The molecule has 1 fully saturated rings. The third kappa shape index (κ3) is 3.42. The summed E-state index contributed by atoms with van der Waals surface area (Å²) in [5.41, 5.74) is -0.804. The van der Waals surface area contributed by atoms with Gasteiger partial charge in [-0.2, -0.15) is 13.2 Å². The monoisotopic (exact) mass is 367 g/mol. The molecule has 1 heterocycles. The highest BCUT2D eigenvalue weighted by Gasteiger charge is 2.36. The largest absolute Gasteiger partial charge is 0.487 e. The van der Waals surface area contributed by atoms with E-state index in [0.717, 1.165) is 12.1 Å². The molecule has 0 spiro atoms. The van der Waals surface area contributed by atoms with Crippen LogP contribution < -0.4 is 4.74 Å². The zero-order chi connectivity index (χ0) is 15.8. The fourth-order valence-corrected chi connectivity index (χ4v) is 2.61. The van der Waals surface area contributed by atoms with Gasteiger partial charge < -0.3 is 14.7 Å². The molecule has 0 bridgehead atoms. The number of rotatable bonds is 2. The van der Waals surface area contributed by atoms with Gasteiger partial charge in [-0.1, -0.05) is 0 Å². The minimum absolute atomic E-state index is 0.0638. The second-order valence-corrected chi connectivity index (χ2v) is 5.66. The lowest BCUT2D eigenvalue weighted by Crippen LogP contribution is -2.38. The van der Waals surface area contributed by atoms with Gasteiger partial charge in [0.2, 0.25) is 0 Å². The molecule has 0 radical (unpaired) electrons. The van der Waals surface area contributed by atoms with Gasteiger partial charge in [-0.25, -0.2) is 4.79 Å². The van der Waals surface area contributed by atoms with Crippen LogP contribution in [0.4, 0.5) is 18.0 Å². The zero-order valence-electron chi connectivity index (χ0n) is 11.0. The number of ether oxygens (including phenoxy) is 1. The van der Waals surface area contributed by atoms with Crippen LogP contribution in [0.15, 0.2) is 22.7 Å². The summed E-state index contributed by atoms with van der Waals surface area (Å²) in [5, 5.41) is 8.99. The normalized spacial score (nSPS) is 22.4. The molecule has 1 aliphatic heterocycles. The maximum absolute atomic E-state index is 12.7. The van der Waals surface area contributed by atoms with Crippen molar-refractivity contribution in [2.75, 3.05) is 6.54 Å². The quantitative estimate of drug-likeness (QED) is 0.859. The lowest BCUT2D eigenvalue weighted by molar-refractivity contribution is -0.137. The molecule has 1 N–H and O–H groups in total. The minimum atomic E-state index is -4.45. The van der Waals surface area contributed by atoms with Crippen LogP contribution in [0, 0.1) is 0 Å². The number of hydrogen-bond donors (Lipinski definition) is 1. The Morgan fingerprint density at radius 1 is 1.48 bits per heavy atom. The number of carboxylic acid groups (broad SMARTS) is 1. The smallest absolute Gasteiger partial charge is 0.416 e. The van der Waals surface area contributed by atoms with E-state index < -0.39 is 30.0 Å². The standard InChI is InChI=1S/C13H13BrF3NO3/c1-7-10(4-5-18(7)12(19)20)21-11-6-8(13(15,16)17)2-3-9(11)14/h2-3,6-7,10H,4-5H2,1H3,(H,19,20). The van der Waals surface area contributed by atoms with Crippen molar-refractivity contribution >= 4 is 22.0 Å². The van der Waals surface area contributed by atoms with Crippen molar-refractivity contribution in [2.24, 2.45) is 0 Å². The fourth-order valence-electron chi connectivity index (χ4n) is 2.27. The predicted octanol–water partition coefficient (Wildman–Crippen LogP) is 3.99. The van der Waals surface area contributed by atoms with Gasteiger partial charge in [-0.05, 0) is 41.1 Å². The van der Waals surface area contributed by atoms with Gasteiger partial charge in [0, 0.05) is 13.0 Å². The number of likely N-dealkylation sites (tertiary alicyclic amines) is 1. The van der Waals surface area contributed by atoms with E-state index >= 15 is 0 Å². The van der Waals surface area contributed by atoms with Gasteiger partial charge in [-0.3, -0.25) is 0 Å². The summed E-state index contributed by atoms with van der Waals surface area (Å²) in [6.45, 7) is 1.98. The fraction of sp³-hybridized carbons (Fsp3) is 0.462. The second-order valence-electron chi connectivity index (χ2n) is 4.80. The summed E-state index contributed by atoms with van der Waals surface area (Å²) in [6, 6.07) is 2.73. The Morgan fingerprint density at radius 2 is 2.14 bits per heavy atom. The van der Waals surface area contributed by atoms with Crippen molar-refractivity contribution in [3.63, 3.8) is 0 Å². The zero-order valence-corrected chi connectivity index (χ0v) is 12.6. The predicted molar refractivity (Wildman–Crippen MR) is 72.4 cm³/mol. The molecular weight excluding hydrogens is 355 g/mol. The van der Waals surface area contributed by atoms with E-state index in [-0.39, 0.29) is 5.75 Å². The van der Waals surface area contributed by atoms with Gasteiger partial charge in [0.25, 0.3) is 0 Å². The molecule has 1 amide bonds. The Balaban J connectivity index is 2.19. The molecule has 1 aromatic carbocycles. The third-order valence-corrected chi connectivity index (χ3v) is 4.12. The van der Waals surface area contributed by atoms with Crippen LogP contribution in [0.1, 0.15) is 18.9 Å². The molecular formula is C13H13BrF3NO3. The van der Waals surface area contributed by atoms with E-state index in [9.17, 15) is 18.0 Å². The van der Waals surface area contributed by atoms with E-state index in [1.807, 2.05) is 0 Å². The van der Waals surface area contributed by atoms with Crippen LogP contribution in [-0.4, -0.2) is 34.8 Å². The van der Waals surface area contributed by atoms with E-state index in [1.54, 1.807) is 6.92 Å². The molecule has 8 heteroatoms. The molecule has 0 aromatic heterocycles. The molecule has 1 saturated heterocycles. The third-order valence-electron chi connectivity index (χ3n) is 3.47. The number of carbonyl (C=O) groups is 1. The number of amides is 1. The number of hydrogen-bond acceptors (Lipinski definition) is 2. The SMILES string of the molecule is CC1C(Oc2cc(C(F)(F)F)ccc2Br)CCN1C(=O)O. The average molecular weight is 368 g/mol. The first-order valence-electron chi connectivity index (χ1n) is 6.23. The lowest BCUT2D eigenvalue weighted by atomic mass is 10.2. The second kappa shape index (κ2) is 5.75. The van der Waals surface area contributed by atoms with Crippen LogP contribution in [0.3, 0.4) is 0 Å². The topological polar surface area (TPSA) is 49.8 Å². The minimum Gasteiger partial charge on any atom is -0.487 e. The first kappa shape index (κ1) is 15.9. The van der Waals surface area contributed by atoms with Crippen molar-refractivity contribution in [3.8, 4) is 5.75 Å². The number of benzene rings is 1. The van der Waals surface area contributed by atoms with Crippen molar-refractivity contribution < 1.29 is 27.8 Å². The summed E-state index contributed by atoms with van der Waals surface area (Å²) in [6.07, 6.45) is -5.54. The summed E-state index contributed by atoms with van der Waals surface area (Å²) >= 11 is 3.15. The number of alkyl halides is 3. The number of halogens is 4. The van der Waals surface area contributed by atoms with Crippen LogP contribution >= 0.6 is 15.9 Å². The highest BCUT2D eigenvalue weighted by Crippen LogP contribution is 2.36. The van der Waals surface area contributed by atoms with Crippen molar-refractivity contribution in [1.29, 1.82) is 0 Å². The molecule has 116 valence electrons. The molecule has 2 rings (SSSR count). The highest BCUT2D eigenvalue weighted by molar-refractivity contribution is 9.10. The van der Waals surface area contributed by atoms with Crippen LogP contribution in [0.2, 0.25) is 0 Å². The Kier molecular flexibility index (Phi) is 4.36. The van der Waals surface area contributed by atoms with Gasteiger partial charge >= 0.3 is 12.3 Å². The van der Waals surface area contributed by atoms with E-state index in [4.69, 9.17) is 9.84 Å². The number of nitrogens with zero attached hydrogens (tertiary/aromatic N) is 1. The molecule has 21 heavy (non-hydrogen) atoms. The van der Waals surface area contributed by atoms with Crippen LogP contribution in [0.25, 0.3) is 0 Å². The summed E-state index contributed by atoms with van der Waals surface area (Å²) in [7, 11) is 0. The first-order chi connectivity index (χ1) is 9.70. The molecule has 1 aromatic rings. The molecule has 0 saturated carbocycles. The van der Waals surface area contributed by atoms with Gasteiger partial charge in [-0.15, -0.1) is 0 Å². The Morgan fingerprint density at radius 3 is 2.67 bits per heavy atom. The van der Waals surface area contributed by atoms with Crippen molar-refractivity contribution in [1.82, 2.24) is 4.90 Å². The van der Waals surface area contributed by atoms with Crippen molar-refractivity contribution in [2.45, 2.75) is 31.7 Å². The Bertz CT molecular complexity index is 550. The highest BCUT2D eigenvalue weighted by atomic mass is 79.9. The average Bonchev–Trinajstić information content (AvgIpc) is 2.72. The molecule has 2 atom stereocenters. The van der Waals surface area contributed by atoms with Crippen molar-refractivity contribution in [3.05, 3.63) is 28.2 Å². The maximum atomic E-state index is 12.7. The Hall–Kier alpha value is -1.44. The Labute approximate surface area is 127 Å². The van der Waals surface area contributed by atoms with E-state index in [2.05, 4.69) is 15.9 Å². The summed E-state index contributed by atoms with van der Waals surface area (Å²) < 4.78 is 44.1. The molecule has 0 aliphatic carbocycles. The van der Waals surface area contributed by atoms with Crippen LogP contribution in [-0.2, 0) is 6.18 Å². The molecule has 4 nitrogen and oxygen atoms in total. The maximum Gasteiger partial charge on any atom is 0.416 e. The molecule has 2 unspecified atom stereocenters. The van der Waals surface area contributed by atoms with Gasteiger partial charge in [0.05, 0.1) is 16.1 Å². The molecule has 1 aliphatic rings. The summed E-state index contributed by atoms with van der Waals surface area (Å²) in [5.74, 6) is 0.0638. The first-order valence-corrected chi connectivity index (χ1v) is 7.02. The van der Waals surface area contributed by atoms with Crippen LogP contribution in [0.5, 0.6) is 5.75 Å². The van der Waals surface area contributed by atoms with Gasteiger partial charge in [0.15, 0.2) is 0 Å². The van der Waals surface area contributed by atoms with E-state index in [0.29, 0.717) is 17.4 Å². The van der Waals surface area contributed by atoms with E-state index in [1.165, 1.54) is 11.0 Å². The van der Waals surface area contributed by atoms with Gasteiger partial charge in [0.1, 0.15) is 11.9 Å².